The van der Waals surface area contributed by atoms with E-state index in [1.165, 1.54) is 180 Å². The molecule has 0 spiro atoms. The van der Waals surface area contributed by atoms with Gasteiger partial charge in [-0.2, -0.15) is 0 Å². The number of rotatable bonds is 71. The summed E-state index contributed by atoms with van der Waals surface area (Å²) in [6.45, 7) is 11.9. The van der Waals surface area contributed by atoms with E-state index in [1.807, 2.05) is 0 Å². The maximum atomic E-state index is 13.1. The Morgan fingerprint density at radius 3 is 0.826 bits per heavy atom. The number of esters is 4. The molecule has 92 heavy (non-hydrogen) atoms. The van der Waals surface area contributed by atoms with Crippen molar-refractivity contribution in [2.45, 2.75) is 388 Å². The summed E-state index contributed by atoms with van der Waals surface area (Å²) in [6.07, 6.45) is 48.4. The van der Waals surface area contributed by atoms with Crippen LogP contribution in [0.3, 0.4) is 0 Å². The Labute approximate surface area is 562 Å². The highest BCUT2D eigenvalue weighted by molar-refractivity contribution is 7.47. The van der Waals surface area contributed by atoms with Gasteiger partial charge in [0.2, 0.25) is 0 Å². The lowest BCUT2D eigenvalue weighted by molar-refractivity contribution is -0.161. The maximum Gasteiger partial charge on any atom is 0.472 e. The molecule has 0 fully saturated rings. The van der Waals surface area contributed by atoms with Crippen LogP contribution in [0, 0.1) is 17.8 Å². The van der Waals surface area contributed by atoms with Crippen molar-refractivity contribution in [1.82, 2.24) is 0 Å². The molecule has 0 aromatic carbocycles. The highest BCUT2D eigenvalue weighted by atomic mass is 31.2. The largest absolute Gasteiger partial charge is 0.472 e. The molecule has 0 aromatic heterocycles. The fraction of sp³-hybridized carbons (Fsp3) is 0.945. The van der Waals surface area contributed by atoms with Gasteiger partial charge in [0.15, 0.2) is 12.2 Å². The number of aliphatic hydroxyl groups excluding tert-OH is 1. The van der Waals surface area contributed by atoms with Crippen molar-refractivity contribution in [2.24, 2.45) is 17.8 Å². The molecule has 0 amide bonds. The third kappa shape index (κ3) is 64.1. The molecule has 0 heterocycles. The highest BCUT2D eigenvalue weighted by Crippen LogP contribution is 2.45. The molecule has 0 bridgehead atoms. The number of carbonyl (C=O) groups excluding carboxylic acids is 4. The van der Waals surface area contributed by atoms with Gasteiger partial charge < -0.3 is 33.8 Å². The van der Waals surface area contributed by atoms with Crippen LogP contribution in [-0.4, -0.2) is 96.7 Å². The number of hydrogen-bond donors (Lipinski definition) is 3. The molecule has 7 atom stereocenters. The van der Waals surface area contributed by atoms with Crippen molar-refractivity contribution in [2.75, 3.05) is 39.6 Å². The summed E-state index contributed by atoms with van der Waals surface area (Å²) in [5, 5.41) is 10.6. The summed E-state index contributed by atoms with van der Waals surface area (Å²) in [5.74, 6) is 0.236. The first kappa shape index (κ1) is 90.1. The van der Waals surface area contributed by atoms with Crippen LogP contribution in [0.15, 0.2) is 0 Å². The lowest BCUT2D eigenvalue weighted by Crippen LogP contribution is -2.30. The molecule has 0 radical (unpaired) electrons. The van der Waals surface area contributed by atoms with Gasteiger partial charge in [-0.15, -0.1) is 0 Å². The average molecular weight is 1350 g/mol. The summed E-state index contributed by atoms with van der Waals surface area (Å²) in [5.41, 5.74) is 0. The predicted octanol–water partition coefficient (Wildman–Crippen LogP) is 21.0. The third-order valence-electron chi connectivity index (χ3n) is 17.6. The average Bonchev–Trinajstić information content (AvgIpc) is 3.63. The van der Waals surface area contributed by atoms with E-state index in [0.29, 0.717) is 25.7 Å². The monoisotopic (exact) mass is 1350 g/mol. The van der Waals surface area contributed by atoms with Gasteiger partial charge in [0.1, 0.15) is 19.3 Å². The fourth-order valence-corrected chi connectivity index (χ4v) is 12.6. The molecule has 19 heteroatoms. The zero-order valence-electron chi connectivity index (χ0n) is 60.0. The van der Waals surface area contributed by atoms with E-state index in [1.54, 1.807) is 0 Å². The van der Waals surface area contributed by atoms with E-state index in [2.05, 4.69) is 48.5 Å². The van der Waals surface area contributed by atoms with Gasteiger partial charge in [0.25, 0.3) is 0 Å². The van der Waals surface area contributed by atoms with Gasteiger partial charge in [0, 0.05) is 25.7 Å². The van der Waals surface area contributed by atoms with Crippen LogP contribution < -0.4 is 0 Å². The molecule has 0 aromatic rings. The minimum Gasteiger partial charge on any atom is -0.462 e. The number of ether oxygens (including phenoxy) is 4. The minimum atomic E-state index is -4.95. The highest BCUT2D eigenvalue weighted by Gasteiger charge is 2.30. The van der Waals surface area contributed by atoms with E-state index >= 15 is 0 Å². The first-order chi connectivity index (χ1) is 44.3. The van der Waals surface area contributed by atoms with Gasteiger partial charge in [-0.25, -0.2) is 9.13 Å². The van der Waals surface area contributed by atoms with Crippen molar-refractivity contribution in [1.29, 1.82) is 0 Å². The smallest absolute Gasteiger partial charge is 0.462 e. The number of phosphoric acid groups is 2. The minimum absolute atomic E-state index is 0.105. The standard InChI is InChI=1S/C73H142O17P2/c1-8-11-12-13-14-15-25-33-40-47-54-70(75)83-61-69(90-73(78)57-50-43-36-29-28-32-39-46-53-66(7)10-3)63-88-92(81,82)86-59-67(74)58-85-91(79,80)87-62-68(60-84-71(76)55-48-41-34-27-22-23-30-37-44-51-64(4)5)89-72(77)56-49-42-35-26-21-19-17-16-18-20-24-31-38-45-52-65(6)9-2/h64-69,74H,8-63H2,1-7H3,(H,79,80)(H,81,82)/t65?,66?,67-,68-,69-/m1/s1. The number of hydrogen-bond acceptors (Lipinski definition) is 15. The van der Waals surface area contributed by atoms with Crippen molar-refractivity contribution in [3.05, 3.63) is 0 Å². The van der Waals surface area contributed by atoms with Crippen LogP contribution >= 0.6 is 15.6 Å². The normalized spacial score (nSPS) is 14.7. The SMILES string of the molecule is CCCCCCCCCCCCC(=O)OC[C@H](COP(=O)(O)OC[C@H](O)COP(=O)(O)OC[C@@H](COC(=O)CCCCCCCCCCCC(C)C)OC(=O)CCCCCCCCCCCCCCCCC(C)CC)OC(=O)CCCCCCCCCCC(C)CC. The van der Waals surface area contributed by atoms with Crippen molar-refractivity contribution >= 4 is 39.5 Å². The molecular weight excluding hydrogens is 1210 g/mol. The van der Waals surface area contributed by atoms with Crippen LogP contribution in [0.2, 0.25) is 0 Å². The number of phosphoric ester groups is 2. The van der Waals surface area contributed by atoms with Crippen LogP contribution in [0.4, 0.5) is 0 Å². The zero-order valence-corrected chi connectivity index (χ0v) is 61.8. The van der Waals surface area contributed by atoms with E-state index < -0.39 is 97.5 Å². The summed E-state index contributed by atoms with van der Waals surface area (Å²) in [7, 11) is -9.91. The summed E-state index contributed by atoms with van der Waals surface area (Å²) >= 11 is 0. The molecule has 0 aliphatic rings. The fourth-order valence-electron chi connectivity index (χ4n) is 11.0. The lowest BCUT2D eigenvalue weighted by atomic mass is 9.99. The van der Waals surface area contributed by atoms with Gasteiger partial charge in [0.05, 0.1) is 26.4 Å². The van der Waals surface area contributed by atoms with Gasteiger partial charge in [-0.05, 0) is 43.4 Å². The number of aliphatic hydroxyl groups is 1. The van der Waals surface area contributed by atoms with Crippen LogP contribution in [0.5, 0.6) is 0 Å². The number of carbonyl (C=O) groups is 4. The van der Waals surface area contributed by atoms with E-state index in [0.717, 1.165) is 108 Å². The Morgan fingerprint density at radius 2 is 0.554 bits per heavy atom. The number of unbranched alkanes of at least 4 members (excludes halogenated alkanes) is 37. The second-order valence-corrected chi connectivity index (χ2v) is 30.2. The first-order valence-corrected chi connectivity index (χ1v) is 40.9. The molecule has 3 N–H and O–H groups in total. The Bertz CT molecular complexity index is 1810. The maximum absolute atomic E-state index is 13.1. The molecule has 0 aliphatic carbocycles. The summed E-state index contributed by atoms with van der Waals surface area (Å²) in [4.78, 5) is 72.7. The van der Waals surface area contributed by atoms with Crippen molar-refractivity contribution in [3.8, 4) is 0 Å². The van der Waals surface area contributed by atoms with Gasteiger partial charge >= 0.3 is 39.5 Å². The van der Waals surface area contributed by atoms with Crippen molar-refractivity contribution < 1.29 is 80.2 Å². The van der Waals surface area contributed by atoms with E-state index in [-0.39, 0.29) is 25.7 Å². The Balaban J connectivity index is 5.24. The third-order valence-corrected chi connectivity index (χ3v) is 19.5. The van der Waals surface area contributed by atoms with Crippen LogP contribution in [-0.2, 0) is 65.4 Å². The zero-order chi connectivity index (χ0) is 68.0. The first-order valence-electron chi connectivity index (χ1n) is 37.9. The molecule has 4 unspecified atom stereocenters. The molecule has 17 nitrogen and oxygen atoms in total. The molecule has 0 rings (SSSR count). The molecule has 0 saturated carbocycles. The van der Waals surface area contributed by atoms with E-state index in [4.69, 9.17) is 37.0 Å². The predicted molar refractivity (Wildman–Crippen MR) is 372 cm³/mol. The van der Waals surface area contributed by atoms with Gasteiger partial charge in [-0.3, -0.25) is 37.3 Å². The second kappa shape index (κ2) is 63.8. The molecule has 0 saturated heterocycles. The van der Waals surface area contributed by atoms with Crippen LogP contribution in [0.25, 0.3) is 0 Å². The molecule has 546 valence electrons. The topological polar surface area (TPSA) is 237 Å². The second-order valence-electron chi connectivity index (χ2n) is 27.3. The Hall–Kier alpha value is -1.94. The van der Waals surface area contributed by atoms with Gasteiger partial charge in [-0.1, -0.05) is 318 Å². The quantitative estimate of drug-likeness (QED) is 0.0222. The van der Waals surface area contributed by atoms with Crippen LogP contribution in [0.1, 0.15) is 370 Å². The molecular formula is C73H142O17P2. The summed E-state index contributed by atoms with van der Waals surface area (Å²) in [6, 6.07) is 0. The Kier molecular flexibility index (Phi) is 62.4. The Morgan fingerprint density at radius 1 is 0.315 bits per heavy atom. The lowest BCUT2D eigenvalue weighted by Gasteiger charge is -2.21. The summed E-state index contributed by atoms with van der Waals surface area (Å²) < 4.78 is 68.4. The van der Waals surface area contributed by atoms with Crippen molar-refractivity contribution in [3.63, 3.8) is 0 Å². The van der Waals surface area contributed by atoms with E-state index in [9.17, 15) is 43.2 Å². The molecule has 0 aliphatic heterocycles.